The SMILES string of the molecule is c1ccc2c(c1)-c1ccccc1C21c2ccccc2-c2cc(N(c3ccc4c5c6sc7c(ccc8c9ccccc9c9ccccc9c87)c6ccc5n(-c5ccc6ccc7cccnc7c6n5)c4c3)c3cccc4ccccc34)ccc21. The van der Waals surface area contributed by atoms with E-state index in [1.54, 1.807) is 0 Å². The molecule has 378 valence electrons. The fourth-order valence-corrected chi connectivity index (χ4v) is 16.5. The molecule has 0 fully saturated rings. The molecule has 19 rings (SSSR count). The molecule has 82 heavy (non-hydrogen) atoms. The van der Waals surface area contributed by atoms with Crippen molar-refractivity contribution in [3.05, 3.63) is 289 Å². The van der Waals surface area contributed by atoms with Crippen molar-refractivity contribution in [3.8, 4) is 28.1 Å². The molecule has 17 aromatic rings. The van der Waals surface area contributed by atoms with Gasteiger partial charge in [-0.1, -0.05) is 206 Å². The molecule has 2 aliphatic carbocycles. The molecule has 0 bridgehead atoms. The maximum absolute atomic E-state index is 5.62. The summed E-state index contributed by atoms with van der Waals surface area (Å²) in [6.07, 6.45) is 1.88. The Morgan fingerprint density at radius 3 is 1.62 bits per heavy atom. The summed E-state index contributed by atoms with van der Waals surface area (Å²) in [5, 5.41) is 17.2. The first kappa shape index (κ1) is 44.4. The fraction of sp³-hybridized carbons (Fsp3) is 0.0130. The number of thiophene rings is 1. The number of rotatable bonds is 4. The topological polar surface area (TPSA) is 34.0 Å². The molecule has 0 unspecified atom stereocenters. The Hall–Kier alpha value is -10.5. The summed E-state index contributed by atoms with van der Waals surface area (Å²) >= 11 is 1.93. The lowest BCUT2D eigenvalue weighted by atomic mass is 9.70. The van der Waals surface area contributed by atoms with E-state index in [1.165, 1.54) is 119 Å². The van der Waals surface area contributed by atoms with Gasteiger partial charge in [0.15, 0.2) is 0 Å². The van der Waals surface area contributed by atoms with E-state index in [1.807, 2.05) is 23.6 Å². The normalized spacial score (nSPS) is 13.2. The third-order valence-electron chi connectivity index (χ3n) is 18.4. The van der Waals surface area contributed by atoms with Gasteiger partial charge in [0.05, 0.1) is 33.2 Å². The molecular weight excluding hydrogens is 1010 g/mol. The minimum atomic E-state index is -0.444. The maximum Gasteiger partial charge on any atom is 0.138 e. The number of anilines is 3. The molecule has 4 heterocycles. The number of hydrogen-bond acceptors (Lipinski definition) is 4. The molecule has 0 saturated carbocycles. The third-order valence-corrected chi connectivity index (χ3v) is 19.6. The van der Waals surface area contributed by atoms with Crippen LogP contribution in [0.5, 0.6) is 0 Å². The lowest BCUT2D eigenvalue weighted by Gasteiger charge is -2.31. The van der Waals surface area contributed by atoms with E-state index in [9.17, 15) is 0 Å². The van der Waals surface area contributed by atoms with E-state index in [-0.39, 0.29) is 0 Å². The molecule has 0 aliphatic heterocycles. The highest BCUT2D eigenvalue weighted by atomic mass is 32.1. The van der Waals surface area contributed by atoms with Crippen LogP contribution in [0.25, 0.3) is 135 Å². The Morgan fingerprint density at radius 1 is 0.341 bits per heavy atom. The monoisotopic (exact) mass is 1060 g/mol. The van der Waals surface area contributed by atoms with Crippen LogP contribution in [-0.4, -0.2) is 14.5 Å². The van der Waals surface area contributed by atoms with Gasteiger partial charge in [0.2, 0.25) is 0 Å². The molecule has 0 amide bonds. The number of pyridine rings is 2. The van der Waals surface area contributed by atoms with Gasteiger partial charge in [-0.3, -0.25) is 9.55 Å². The van der Waals surface area contributed by atoms with Gasteiger partial charge in [0.25, 0.3) is 0 Å². The molecule has 13 aromatic carbocycles. The van der Waals surface area contributed by atoms with Crippen molar-refractivity contribution in [1.82, 2.24) is 14.5 Å². The minimum Gasteiger partial charge on any atom is -0.310 e. The van der Waals surface area contributed by atoms with Gasteiger partial charge in [0, 0.05) is 70.1 Å². The summed E-state index contributed by atoms with van der Waals surface area (Å²) in [4.78, 5) is 13.0. The molecule has 0 N–H and O–H groups in total. The maximum atomic E-state index is 5.62. The standard InChI is InChI=1S/C77H44N4S/c1-2-18-50-45(15-1)16-13-29-67(50)80(48-34-39-66-62(43-48)56-24-9-12-28-65(56)77(66)63-26-10-7-22-54(63)55-23-8-11-27-64(55)77)49-33-35-61-69(44-49)81(70-41-32-47-31-30-46-17-14-42-78-73(46)74(47)79-70)68-40-38-60-59-37-36-58-53-21-4-3-19-51(53)52-20-5-6-25-57(52)71(58)75(59)82-76(60)72(61)68/h1-44H. The van der Waals surface area contributed by atoms with Crippen molar-refractivity contribution in [1.29, 1.82) is 0 Å². The van der Waals surface area contributed by atoms with Crippen molar-refractivity contribution >= 4 is 135 Å². The van der Waals surface area contributed by atoms with Gasteiger partial charge >= 0.3 is 0 Å². The van der Waals surface area contributed by atoms with Crippen LogP contribution in [0.1, 0.15) is 22.3 Å². The van der Waals surface area contributed by atoms with E-state index >= 15 is 0 Å². The first-order chi connectivity index (χ1) is 40.7. The van der Waals surface area contributed by atoms with Gasteiger partial charge in [-0.05, 0) is 131 Å². The Kier molecular flexibility index (Phi) is 8.84. The minimum absolute atomic E-state index is 0.444. The summed E-state index contributed by atoms with van der Waals surface area (Å²) < 4.78 is 5.00. The van der Waals surface area contributed by atoms with Crippen molar-refractivity contribution in [2.75, 3.05) is 4.90 Å². The largest absolute Gasteiger partial charge is 0.310 e. The molecule has 5 heteroatoms. The summed E-state index contributed by atoms with van der Waals surface area (Å²) in [6.45, 7) is 0. The molecule has 4 nitrogen and oxygen atoms in total. The smallest absolute Gasteiger partial charge is 0.138 e. The van der Waals surface area contributed by atoms with E-state index < -0.39 is 5.41 Å². The fourth-order valence-electron chi connectivity index (χ4n) is 15.0. The summed E-state index contributed by atoms with van der Waals surface area (Å²) in [7, 11) is 0. The Balaban J connectivity index is 0.903. The predicted octanol–water partition coefficient (Wildman–Crippen LogP) is 20.7. The van der Waals surface area contributed by atoms with Crippen LogP contribution in [0.15, 0.2) is 267 Å². The number of hydrogen-bond donors (Lipinski definition) is 0. The Bertz CT molecular complexity index is 5600. The van der Waals surface area contributed by atoms with E-state index in [4.69, 9.17) is 9.97 Å². The molecule has 0 radical (unpaired) electrons. The molecule has 4 aromatic heterocycles. The summed E-state index contributed by atoms with van der Waals surface area (Å²) in [5.41, 5.74) is 17.2. The van der Waals surface area contributed by atoms with Crippen LogP contribution in [0.3, 0.4) is 0 Å². The van der Waals surface area contributed by atoms with Crippen molar-refractivity contribution < 1.29 is 0 Å². The van der Waals surface area contributed by atoms with Crippen molar-refractivity contribution in [2.24, 2.45) is 0 Å². The average Bonchev–Trinajstić information content (AvgIpc) is 2.43. The Morgan fingerprint density at radius 2 is 0.866 bits per heavy atom. The highest BCUT2D eigenvalue weighted by Crippen LogP contribution is 2.63. The zero-order valence-corrected chi connectivity index (χ0v) is 44.9. The van der Waals surface area contributed by atoms with Gasteiger partial charge in [-0.2, -0.15) is 0 Å². The van der Waals surface area contributed by atoms with Gasteiger partial charge in [-0.25, -0.2) is 4.98 Å². The van der Waals surface area contributed by atoms with Crippen molar-refractivity contribution in [3.63, 3.8) is 0 Å². The lowest BCUT2D eigenvalue weighted by Crippen LogP contribution is -2.25. The van der Waals surface area contributed by atoms with E-state index in [2.05, 4.69) is 264 Å². The number of aromatic nitrogens is 3. The lowest BCUT2D eigenvalue weighted by molar-refractivity contribution is 0.794. The Labute approximate surface area is 474 Å². The molecule has 0 atom stereocenters. The third kappa shape index (κ3) is 5.74. The first-order valence-electron chi connectivity index (χ1n) is 28.2. The van der Waals surface area contributed by atoms with Crippen LogP contribution in [0, 0.1) is 0 Å². The van der Waals surface area contributed by atoms with Crippen LogP contribution in [-0.2, 0) is 5.41 Å². The quantitative estimate of drug-likeness (QED) is 0.165. The van der Waals surface area contributed by atoms with Gasteiger partial charge in [-0.15, -0.1) is 11.3 Å². The van der Waals surface area contributed by atoms with E-state index in [0.29, 0.717) is 0 Å². The van der Waals surface area contributed by atoms with Gasteiger partial charge in [0.1, 0.15) is 5.82 Å². The average molecular weight is 1060 g/mol. The van der Waals surface area contributed by atoms with Crippen LogP contribution in [0.4, 0.5) is 17.1 Å². The van der Waals surface area contributed by atoms with Crippen LogP contribution in [0.2, 0.25) is 0 Å². The summed E-state index contributed by atoms with van der Waals surface area (Å²) in [5.74, 6) is 0.847. The molecule has 0 saturated heterocycles. The summed E-state index contributed by atoms with van der Waals surface area (Å²) in [6, 6.07) is 97.3. The second-order valence-electron chi connectivity index (χ2n) is 22.3. The first-order valence-corrected chi connectivity index (χ1v) is 29.0. The molecule has 2 aliphatic rings. The zero-order valence-electron chi connectivity index (χ0n) is 44.1. The predicted molar refractivity (Wildman–Crippen MR) is 345 cm³/mol. The highest BCUT2D eigenvalue weighted by Gasteiger charge is 2.51. The van der Waals surface area contributed by atoms with Crippen LogP contribution >= 0.6 is 11.3 Å². The number of benzene rings is 13. The second kappa shape index (κ2) is 16.3. The van der Waals surface area contributed by atoms with E-state index in [0.717, 1.165) is 55.7 Å². The highest BCUT2D eigenvalue weighted by molar-refractivity contribution is 7.27. The second-order valence-corrected chi connectivity index (χ2v) is 23.3. The van der Waals surface area contributed by atoms with Gasteiger partial charge < -0.3 is 4.90 Å². The van der Waals surface area contributed by atoms with Crippen LogP contribution < -0.4 is 4.90 Å². The zero-order chi connectivity index (χ0) is 53.4. The molecule has 1 spiro atoms. The number of nitrogens with zero attached hydrogens (tertiary/aromatic N) is 4. The van der Waals surface area contributed by atoms with Crippen molar-refractivity contribution in [2.45, 2.75) is 5.41 Å². The number of fused-ring (bicyclic) bond motifs is 28. The molecular formula is C77H44N4S.